The van der Waals surface area contributed by atoms with E-state index in [4.69, 9.17) is 16.0 Å². The van der Waals surface area contributed by atoms with Gasteiger partial charge in [0, 0.05) is 11.5 Å². The number of aromatic nitrogens is 1. The van der Waals surface area contributed by atoms with Gasteiger partial charge in [0.25, 0.3) is 0 Å². The van der Waals surface area contributed by atoms with Gasteiger partial charge in [-0.3, -0.25) is 0 Å². The molecule has 0 saturated heterocycles. The van der Waals surface area contributed by atoms with Crippen LogP contribution in [0.1, 0.15) is 11.5 Å². The van der Waals surface area contributed by atoms with Crippen molar-refractivity contribution in [1.29, 1.82) is 0 Å². The number of nitrogens with zero attached hydrogens (tertiary/aromatic N) is 1. The molecule has 8 nitrogen and oxygen atoms in total. The second-order valence-electron chi connectivity index (χ2n) is 5.16. The zero-order chi connectivity index (χ0) is 18.2. The lowest BCUT2D eigenvalue weighted by Crippen LogP contribution is -2.28. The molecule has 1 aromatic heterocycles. The molecule has 3 aromatic rings. The molecule has 8 heteroatoms. The molecule has 0 saturated carbocycles. The third-order valence-corrected chi connectivity index (χ3v) is 3.17. The Hall–Kier alpha value is -3.55. The van der Waals surface area contributed by atoms with Crippen molar-refractivity contribution >= 4 is 28.5 Å². The number of urea groups is 2. The molecule has 130 valence electrons. The largest absolute Gasteiger partial charge is 0.361 e. The molecule has 2 aromatic carbocycles. The van der Waals surface area contributed by atoms with Gasteiger partial charge in [-0.05, 0) is 18.4 Å². The summed E-state index contributed by atoms with van der Waals surface area (Å²) < 4.78 is 4.75. The Bertz CT molecular complexity index is 870. The highest BCUT2D eigenvalue weighted by molar-refractivity contribution is 6.01. The number of nitrogens with two attached hydrogens (primary N) is 2. The quantitative estimate of drug-likeness (QED) is 0.581. The number of hydrogen-bond donors (Lipinski definition) is 4. The minimum Gasteiger partial charge on any atom is -0.361 e. The molecule has 0 aliphatic heterocycles. The van der Waals surface area contributed by atoms with Crippen LogP contribution in [0, 0.1) is 6.92 Å². The summed E-state index contributed by atoms with van der Waals surface area (Å²) in [6.07, 6.45) is 0. The van der Waals surface area contributed by atoms with Crippen LogP contribution >= 0.6 is 0 Å². The van der Waals surface area contributed by atoms with E-state index in [9.17, 15) is 9.59 Å². The lowest BCUT2D eigenvalue weighted by molar-refractivity contribution is 0.248. The number of aryl methyl sites for hydroxylation is 1. The van der Waals surface area contributed by atoms with E-state index in [2.05, 4.69) is 15.8 Å². The fourth-order valence-corrected chi connectivity index (χ4v) is 2.15. The Kier molecular flexibility index (Phi) is 5.94. The van der Waals surface area contributed by atoms with Gasteiger partial charge in [0.2, 0.25) is 0 Å². The Morgan fingerprint density at radius 2 is 1.80 bits per heavy atom. The second-order valence-corrected chi connectivity index (χ2v) is 5.16. The van der Waals surface area contributed by atoms with Crippen molar-refractivity contribution in [2.24, 2.45) is 11.5 Å². The molecule has 0 spiro atoms. The van der Waals surface area contributed by atoms with Gasteiger partial charge in [-0.15, -0.1) is 0 Å². The van der Waals surface area contributed by atoms with Crippen LogP contribution in [0.4, 0.5) is 15.3 Å². The minimum atomic E-state index is -0.564. The van der Waals surface area contributed by atoms with Gasteiger partial charge in [0.15, 0.2) is 0 Å². The first-order chi connectivity index (χ1) is 12.0. The SMILES string of the molecule is Cc1cc(CNC(N)=O)no1.NC(=O)Nc1cccc2ccccc12. The molecule has 6 N–H and O–H groups in total. The van der Waals surface area contributed by atoms with Gasteiger partial charge < -0.3 is 26.6 Å². The number of fused-ring (bicyclic) bond motifs is 1. The Balaban J connectivity index is 0.000000186. The fourth-order valence-electron chi connectivity index (χ4n) is 2.15. The third kappa shape index (κ3) is 5.54. The number of amides is 4. The van der Waals surface area contributed by atoms with Crippen LogP contribution in [-0.4, -0.2) is 17.2 Å². The fraction of sp³-hybridized carbons (Fsp3) is 0.118. The molecular weight excluding hydrogens is 322 g/mol. The molecule has 4 amide bonds. The van der Waals surface area contributed by atoms with Crippen LogP contribution in [0.3, 0.4) is 0 Å². The van der Waals surface area contributed by atoms with E-state index in [1.165, 1.54) is 0 Å². The third-order valence-electron chi connectivity index (χ3n) is 3.17. The molecule has 0 unspecified atom stereocenters. The standard InChI is InChI=1S/C11H10N2O.C6H9N3O2/c12-11(14)13-10-7-3-5-8-4-1-2-6-9(8)10;1-4-2-5(9-11-4)3-8-6(7)10/h1-7H,(H3,12,13,14);2H,3H2,1H3,(H3,7,8,10). The summed E-state index contributed by atoms with van der Waals surface area (Å²) >= 11 is 0. The summed E-state index contributed by atoms with van der Waals surface area (Å²) in [5.74, 6) is 0.714. The number of nitrogens with one attached hydrogen (secondary N) is 2. The molecule has 1 heterocycles. The van der Waals surface area contributed by atoms with E-state index < -0.39 is 12.1 Å². The van der Waals surface area contributed by atoms with Crippen molar-refractivity contribution in [3.63, 3.8) is 0 Å². The molecule has 0 atom stereocenters. The zero-order valence-corrected chi connectivity index (χ0v) is 13.7. The Labute approximate surface area is 144 Å². The minimum absolute atomic E-state index is 0.312. The molecule has 0 fully saturated rings. The Morgan fingerprint density at radius 1 is 1.08 bits per heavy atom. The molecule has 0 radical (unpaired) electrons. The highest BCUT2D eigenvalue weighted by Gasteiger charge is 2.01. The van der Waals surface area contributed by atoms with Gasteiger partial charge in [-0.1, -0.05) is 41.6 Å². The second kappa shape index (κ2) is 8.34. The van der Waals surface area contributed by atoms with Crippen molar-refractivity contribution in [1.82, 2.24) is 10.5 Å². The van der Waals surface area contributed by atoms with Crippen molar-refractivity contribution in [3.8, 4) is 0 Å². The van der Waals surface area contributed by atoms with Crippen molar-refractivity contribution in [2.45, 2.75) is 13.5 Å². The average Bonchev–Trinajstić information content (AvgIpc) is 2.99. The van der Waals surface area contributed by atoms with E-state index in [1.54, 1.807) is 13.0 Å². The van der Waals surface area contributed by atoms with Gasteiger partial charge in [0.05, 0.1) is 12.2 Å². The summed E-state index contributed by atoms with van der Waals surface area (Å²) in [5, 5.41) is 10.7. The topological polar surface area (TPSA) is 136 Å². The number of anilines is 1. The normalized spacial score (nSPS) is 9.80. The lowest BCUT2D eigenvalue weighted by atomic mass is 10.1. The van der Waals surface area contributed by atoms with Crippen LogP contribution in [0.2, 0.25) is 0 Å². The first-order valence-corrected chi connectivity index (χ1v) is 7.45. The van der Waals surface area contributed by atoms with Gasteiger partial charge in [-0.2, -0.15) is 0 Å². The first kappa shape index (κ1) is 17.8. The number of benzene rings is 2. The van der Waals surface area contributed by atoms with E-state index in [1.807, 2.05) is 42.5 Å². The van der Waals surface area contributed by atoms with E-state index in [0.717, 1.165) is 16.5 Å². The number of primary amides is 2. The Morgan fingerprint density at radius 3 is 2.44 bits per heavy atom. The molecule has 0 aliphatic carbocycles. The number of carbonyl (C=O) groups is 2. The molecule has 25 heavy (non-hydrogen) atoms. The summed E-state index contributed by atoms with van der Waals surface area (Å²) in [7, 11) is 0. The van der Waals surface area contributed by atoms with E-state index in [0.29, 0.717) is 18.0 Å². The molecule has 0 aliphatic rings. The highest BCUT2D eigenvalue weighted by Crippen LogP contribution is 2.22. The summed E-state index contributed by atoms with van der Waals surface area (Å²) in [4.78, 5) is 21.0. The predicted molar refractivity (Wildman–Crippen MR) is 94.8 cm³/mol. The predicted octanol–water partition coefficient (Wildman–Crippen LogP) is 2.48. The van der Waals surface area contributed by atoms with Crippen molar-refractivity contribution in [2.75, 3.05) is 5.32 Å². The van der Waals surface area contributed by atoms with E-state index in [-0.39, 0.29) is 0 Å². The number of hydrogen-bond acceptors (Lipinski definition) is 4. The number of carbonyl (C=O) groups excluding carboxylic acids is 2. The van der Waals surface area contributed by atoms with Gasteiger partial charge in [-0.25, -0.2) is 9.59 Å². The summed E-state index contributed by atoms with van der Waals surface area (Å²) in [6.45, 7) is 2.09. The maximum Gasteiger partial charge on any atom is 0.316 e. The van der Waals surface area contributed by atoms with Crippen LogP contribution < -0.4 is 22.1 Å². The van der Waals surface area contributed by atoms with Gasteiger partial charge >= 0.3 is 12.1 Å². The molecule has 0 bridgehead atoms. The van der Waals surface area contributed by atoms with Crippen LogP contribution in [0.15, 0.2) is 53.1 Å². The van der Waals surface area contributed by atoms with E-state index >= 15 is 0 Å². The molecular formula is C17H19N5O3. The van der Waals surface area contributed by atoms with Gasteiger partial charge in [0.1, 0.15) is 11.5 Å². The van der Waals surface area contributed by atoms with Crippen molar-refractivity contribution < 1.29 is 14.1 Å². The number of rotatable bonds is 3. The zero-order valence-electron chi connectivity index (χ0n) is 13.7. The van der Waals surface area contributed by atoms with Crippen LogP contribution in [-0.2, 0) is 6.54 Å². The summed E-state index contributed by atoms with van der Waals surface area (Å²) in [6, 6.07) is 14.1. The smallest absolute Gasteiger partial charge is 0.316 e. The van der Waals surface area contributed by atoms with Crippen LogP contribution in [0.5, 0.6) is 0 Å². The lowest BCUT2D eigenvalue weighted by Gasteiger charge is -2.05. The highest BCUT2D eigenvalue weighted by atomic mass is 16.5. The van der Waals surface area contributed by atoms with Crippen molar-refractivity contribution in [3.05, 3.63) is 60.0 Å². The first-order valence-electron chi connectivity index (χ1n) is 7.45. The maximum absolute atomic E-state index is 10.7. The molecule has 3 rings (SSSR count). The maximum atomic E-state index is 10.7. The monoisotopic (exact) mass is 341 g/mol. The average molecular weight is 341 g/mol. The summed E-state index contributed by atoms with van der Waals surface area (Å²) in [5.41, 5.74) is 11.3. The van der Waals surface area contributed by atoms with Crippen LogP contribution in [0.25, 0.3) is 10.8 Å².